The van der Waals surface area contributed by atoms with Crippen LogP contribution in [0.2, 0.25) is 0 Å². The van der Waals surface area contributed by atoms with Gasteiger partial charge in [-0.2, -0.15) is 23.5 Å². The highest BCUT2D eigenvalue weighted by molar-refractivity contribution is 5.96. The third-order valence-corrected chi connectivity index (χ3v) is 3.36. The van der Waals surface area contributed by atoms with E-state index in [0.29, 0.717) is 18.0 Å². The molecule has 7 nitrogen and oxygen atoms in total. The van der Waals surface area contributed by atoms with Gasteiger partial charge in [-0.25, -0.2) is 4.98 Å². The van der Waals surface area contributed by atoms with E-state index in [0.717, 1.165) is 11.6 Å². The molecule has 2 rings (SSSR count). The molecule has 0 unspecified atom stereocenters. The molecule has 25 heavy (non-hydrogen) atoms. The lowest BCUT2D eigenvalue weighted by Gasteiger charge is -2.22. The molecule has 0 saturated heterocycles. The lowest BCUT2D eigenvalue weighted by Crippen LogP contribution is -2.43. The van der Waals surface area contributed by atoms with Gasteiger partial charge < -0.3 is 10.4 Å². The molecule has 0 aliphatic heterocycles. The first-order valence-corrected chi connectivity index (χ1v) is 7.03. The number of aryl methyl sites for hydroxylation is 1. The molecule has 2 aromatic heterocycles. The van der Waals surface area contributed by atoms with Crippen LogP contribution in [-0.2, 0) is 17.5 Å². The van der Waals surface area contributed by atoms with Crippen molar-refractivity contribution >= 4 is 11.6 Å². The molecule has 2 heterocycles. The molecular formula is C15H14F3N5O2. The fraction of sp³-hybridized carbons (Fsp3) is 0.333. The maximum atomic E-state index is 12.6. The van der Waals surface area contributed by atoms with Gasteiger partial charge in [-0.05, 0) is 25.5 Å². The van der Waals surface area contributed by atoms with Gasteiger partial charge in [0, 0.05) is 6.20 Å². The van der Waals surface area contributed by atoms with Gasteiger partial charge in [0.2, 0.25) is 0 Å². The molecule has 0 spiro atoms. The summed E-state index contributed by atoms with van der Waals surface area (Å²) in [7, 11) is 0. The molecule has 0 saturated carbocycles. The summed E-state index contributed by atoms with van der Waals surface area (Å²) in [5, 5.41) is 25.0. The molecule has 10 heteroatoms. The average molecular weight is 353 g/mol. The monoisotopic (exact) mass is 353 g/mol. The normalized spacial score (nSPS) is 13.8. The van der Waals surface area contributed by atoms with E-state index in [1.807, 2.05) is 6.07 Å². The third-order valence-electron chi connectivity index (χ3n) is 3.36. The number of nitrogens with one attached hydrogen (secondary N) is 1. The number of amides is 1. The topological polar surface area (TPSA) is 104 Å². The molecule has 1 amide bonds. The van der Waals surface area contributed by atoms with Crippen molar-refractivity contribution in [3.05, 3.63) is 41.5 Å². The number of alkyl halides is 3. The highest BCUT2D eigenvalue weighted by Crippen LogP contribution is 2.28. The number of carbonyl (C=O) groups excluding carboxylic acids is 1. The van der Waals surface area contributed by atoms with E-state index in [-0.39, 0.29) is 11.4 Å². The van der Waals surface area contributed by atoms with Gasteiger partial charge in [0.1, 0.15) is 11.8 Å². The van der Waals surface area contributed by atoms with Crippen molar-refractivity contribution in [2.24, 2.45) is 0 Å². The quantitative estimate of drug-likeness (QED) is 0.873. The van der Waals surface area contributed by atoms with E-state index in [1.165, 1.54) is 12.3 Å². The van der Waals surface area contributed by atoms with Crippen LogP contribution < -0.4 is 5.32 Å². The van der Waals surface area contributed by atoms with E-state index in [1.54, 1.807) is 6.92 Å². The number of pyridine rings is 1. The molecule has 132 valence electrons. The fourth-order valence-electron chi connectivity index (χ4n) is 2.01. The average Bonchev–Trinajstić information content (AvgIpc) is 2.95. The predicted octanol–water partition coefficient (Wildman–Crippen LogP) is 1.87. The van der Waals surface area contributed by atoms with Crippen molar-refractivity contribution in [3.63, 3.8) is 0 Å². The Morgan fingerprint density at radius 3 is 2.64 bits per heavy atom. The summed E-state index contributed by atoms with van der Waals surface area (Å²) in [4.78, 5) is 16.0. The van der Waals surface area contributed by atoms with Gasteiger partial charge in [-0.15, -0.1) is 0 Å². The molecule has 0 aliphatic carbocycles. The predicted molar refractivity (Wildman–Crippen MR) is 80.2 cm³/mol. The number of nitriles is 1. The summed E-state index contributed by atoms with van der Waals surface area (Å²) >= 11 is 0. The maximum Gasteiger partial charge on any atom is 0.419 e. The van der Waals surface area contributed by atoms with E-state index < -0.39 is 29.8 Å². The zero-order valence-corrected chi connectivity index (χ0v) is 13.3. The number of hydrogen-bond donors (Lipinski definition) is 2. The van der Waals surface area contributed by atoms with Gasteiger partial charge in [0.05, 0.1) is 30.2 Å². The van der Waals surface area contributed by atoms with E-state index in [2.05, 4.69) is 15.4 Å². The molecule has 0 aromatic carbocycles. The SMILES string of the molecule is Cc1cc(NC(=O)[C@@](C)(O)Cn2cc(C(F)(F)F)cn2)cnc1C#N. The molecule has 0 aliphatic rings. The van der Waals surface area contributed by atoms with Crippen molar-refractivity contribution < 1.29 is 23.1 Å². The number of anilines is 1. The van der Waals surface area contributed by atoms with Crippen LogP contribution in [0.4, 0.5) is 18.9 Å². The third kappa shape index (κ3) is 4.33. The standard InChI is InChI=1S/C15H14F3N5O2/c1-9-3-11(6-20-12(9)4-19)22-13(24)14(2,25)8-23-7-10(5-21-23)15(16,17)18/h3,5-7,25H,8H2,1-2H3,(H,22,24)/t14-/m0/s1. The van der Waals surface area contributed by atoms with Crippen LogP contribution in [0.15, 0.2) is 24.7 Å². The number of halogens is 3. The van der Waals surface area contributed by atoms with Crippen molar-refractivity contribution in [1.29, 1.82) is 5.26 Å². The Balaban J connectivity index is 2.11. The molecule has 0 fully saturated rings. The lowest BCUT2D eigenvalue weighted by molar-refractivity contribution is -0.137. The number of carbonyl (C=O) groups is 1. The molecule has 0 bridgehead atoms. The minimum Gasteiger partial charge on any atom is -0.378 e. The Labute approximate surface area is 140 Å². The lowest BCUT2D eigenvalue weighted by atomic mass is 10.1. The number of rotatable bonds is 4. The fourth-order valence-corrected chi connectivity index (χ4v) is 2.01. The smallest absolute Gasteiger partial charge is 0.378 e. The van der Waals surface area contributed by atoms with Crippen LogP contribution in [0.5, 0.6) is 0 Å². The molecule has 0 radical (unpaired) electrons. The number of hydrogen-bond acceptors (Lipinski definition) is 5. The second kappa shape index (κ2) is 6.52. The maximum absolute atomic E-state index is 12.6. The summed E-state index contributed by atoms with van der Waals surface area (Å²) in [6, 6.07) is 3.37. The van der Waals surface area contributed by atoms with Gasteiger partial charge in [-0.3, -0.25) is 9.48 Å². The minimum atomic E-state index is -4.56. The molecule has 1 atom stereocenters. The molecule has 2 aromatic rings. The zero-order valence-electron chi connectivity index (χ0n) is 13.3. The van der Waals surface area contributed by atoms with Gasteiger partial charge in [0.25, 0.3) is 5.91 Å². The first-order chi connectivity index (χ1) is 11.5. The van der Waals surface area contributed by atoms with Crippen LogP contribution in [0.25, 0.3) is 0 Å². The van der Waals surface area contributed by atoms with E-state index in [9.17, 15) is 23.1 Å². The molecular weight excluding hydrogens is 339 g/mol. The van der Waals surface area contributed by atoms with Crippen molar-refractivity contribution in [2.45, 2.75) is 32.2 Å². The minimum absolute atomic E-state index is 0.195. The van der Waals surface area contributed by atoms with Gasteiger partial charge in [-0.1, -0.05) is 0 Å². The van der Waals surface area contributed by atoms with E-state index >= 15 is 0 Å². The largest absolute Gasteiger partial charge is 0.419 e. The Morgan fingerprint density at radius 1 is 1.44 bits per heavy atom. The van der Waals surface area contributed by atoms with Gasteiger partial charge in [0.15, 0.2) is 5.60 Å². The summed E-state index contributed by atoms with van der Waals surface area (Å²) in [6.45, 7) is 2.31. The number of aliphatic hydroxyl groups is 1. The summed E-state index contributed by atoms with van der Waals surface area (Å²) in [6.07, 6.45) is -2.00. The van der Waals surface area contributed by atoms with Crippen LogP contribution in [0.1, 0.15) is 23.7 Å². The van der Waals surface area contributed by atoms with Crippen molar-refractivity contribution in [1.82, 2.24) is 14.8 Å². The van der Waals surface area contributed by atoms with Crippen LogP contribution in [-0.4, -0.2) is 31.4 Å². The van der Waals surface area contributed by atoms with E-state index in [4.69, 9.17) is 5.26 Å². The Bertz CT molecular complexity index is 836. The summed E-state index contributed by atoms with van der Waals surface area (Å²) in [5.41, 5.74) is -2.02. The summed E-state index contributed by atoms with van der Waals surface area (Å²) in [5.74, 6) is -0.845. The van der Waals surface area contributed by atoms with Crippen LogP contribution >= 0.6 is 0 Å². The summed E-state index contributed by atoms with van der Waals surface area (Å²) < 4.78 is 38.5. The first-order valence-electron chi connectivity index (χ1n) is 7.03. The second-order valence-electron chi connectivity index (χ2n) is 5.65. The molecule has 2 N–H and O–H groups in total. The number of aromatic nitrogens is 3. The van der Waals surface area contributed by atoms with Crippen LogP contribution in [0, 0.1) is 18.3 Å². The second-order valence-corrected chi connectivity index (χ2v) is 5.65. The first kappa shape index (κ1) is 18.4. The Morgan fingerprint density at radius 2 is 2.12 bits per heavy atom. The van der Waals surface area contributed by atoms with Crippen LogP contribution in [0.3, 0.4) is 0 Å². The van der Waals surface area contributed by atoms with Crippen molar-refractivity contribution in [2.75, 3.05) is 5.32 Å². The Kier molecular flexibility index (Phi) is 4.80. The van der Waals surface area contributed by atoms with Crippen molar-refractivity contribution in [3.8, 4) is 6.07 Å². The number of nitrogens with zero attached hydrogens (tertiary/aromatic N) is 4. The highest BCUT2D eigenvalue weighted by Gasteiger charge is 2.35. The zero-order chi connectivity index (χ0) is 18.8. The Hall–Kier alpha value is -2.93. The highest BCUT2D eigenvalue weighted by atomic mass is 19.4. The van der Waals surface area contributed by atoms with Gasteiger partial charge >= 0.3 is 6.18 Å².